The van der Waals surface area contributed by atoms with Gasteiger partial charge in [0, 0.05) is 44.2 Å². The minimum atomic E-state index is -0.642. The van der Waals surface area contributed by atoms with Gasteiger partial charge in [-0.1, -0.05) is 54.6 Å². The van der Waals surface area contributed by atoms with Gasteiger partial charge in [-0.25, -0.2) is 0 Å². The summed E-state index contributed by atoms with van der Waals surface area (Å²) in [6.07, 6.45) is 2.97. The number of nitrogens with one attached hydrogen (secondary N) is 1. The zero-order valence-electron chi connectivity index (χ0n) is 20.0. The van der Waals surface area contributed by atoms with Gasteiger partial charge in [-0.15, -0.1) is 0 Å². The van der Waals surface area contributed by atoms with E-state index in [-0.39, 0.29) is 0 Å². The number of aliphatic hydroxyl groups is 1. The Kier molecular flexibility index (Phi) is 4.19. The van der Waals surface area contributed by atoms with Gasteiger partial charge >= 0.3 is 0 Å². The second-order valence-corrected chi connectivity index (χ2v) is 9.61. The van der Waals surface area contributed by atoms with Crippen molar-refractivity contribution >= 4 is 49.3 Å². The lowest BCUT2D eigenvalue weighted by Crippen LogP contribution is -2.06. The molecule has 1 aliphatic rings. The number of aromatic nitrogens is 2. The van der Waals surface area contributed by atoms with Crippen LogP contribution in [0.4, 0.5) is 5.69 Å². The highest BCUT2D eigenvalue weighted by Crippen LogP contribution is 2.41. The van der Waals surface area contributed by atoms with Crippen molar-refractivity contribution in [1.82, 2.24) is 9.13 Å². The van der Waals surface area contributed by atoms with Crippen LogP contribution in [0, 0.1) is 0 Å². The van der Waals surface area contributed by atoms with E-state index in [2.05, 4.69) is 124 Å². The Morgan fingerprint density at radius 1 is 0.541 bits per heavy atom. The number of para-hydroxylation sites is 3. The maximum Gasteiger partial charge on any atom is 0.102 e. The maximum atomic E-state index is 10.9. The van der Waals surface area contributed by atoms with E-state index < -0.39 is 6.10 Å². The molecule has 0 saturated heterocycles. The largest absolute Gasteiger partial charge is 0.384 e. The Balaban J connectivity index is 1.36. The number of fused-ring (bicyclic) bond motifs is 8. The first-order chi connectivity index (χ1) is 18.3. The summed E-state index contributed by atoms with van der Waals surface area (Å²) in [6, 6.07) is 38.6. The van der Waals surface area contributed by atoms with Gasteiger partial charge in [0.25, 0.3) is 0 Å². The zero-order chi connectivity index (χ0) is 24.5. The molecule has 0 aliphatic carbocycles. The molecule has 2 aromatic heterocycles. The normalized spacial score (nSPS) is 15.0. The molecule has 4 nitrogen and oxygen atoms in total. The third kappa shape index (κ3) is 2.82. The SMILES string of the molecule is OC1C=CNc2ccc3c(c21)c1ccccc1n3-c1ccc(-n2c3ccccc3c3ccccc32)cc1. The van der Waals surface area contributed by atoms with Gasteiger partial charge in [0.15, 0.2) is 0 Å². The molecule has 2 N–H and O–H groups in total. The summed E-state index contributed by atoms with van der Waals surface area (Å²) in [7, 11) is 0. The van der Waals surface area contributed by atoms with E-state index >= 15 is 0 Å². The van der Waals surface area contributed by atoms with Gasteiger partial charge in [-0.05, 0) is 66.9 Å². The Labute approximate surface area is 213 Å². The topological polar surface area (TPSA) is 42.1 Å². The number of nitrogens with zero attached hydrogens (tertiary/aromatic N) is 2. The van der Waals surface area contributed by atoms with Crippen LogP contribution >= 0.6 is 0 Å². The standard InChI is InChI=1S/C33H23N3O/c37-31-19-20-34-26-17-18-30-32(33(26)31)25-9-3-6-12-29(25)36(30)22-15-13-21(14-16-22)35-27-10-4-1-7-23(27)24-8-2-5-11-28(24)35/h1-20,31,34,37H. The van der Waals surface area contributed by atoms with Crippen molar-refractivity contribution in [2.75, 3.05) is 5.32 Å². The van der Waals surface area contributed by atoms with Crippen LogP contribution in [0.1, 0.15) is 11.7 Å². The quantitative estimate of drug-likeness (QED) is 0.266. The van der Waals surface area contributed by atoms with Crippen molar-refractivity contribution in [3.63, 3.8) is 0 Å². The number of anilines is 1. The molecule has 0 spiro atoms. The highest BCUT2D eigenvalue weighted by Gasteiger charge is 2.22. The fourth-order valence-electron chi connectivity index (χ4n) is 6.08. The molecule has 4 heteroatoms. The highest BCUT2D eigenvalue weighted by atomic mass is 16.3. The fourth-order valence-corrected chi connectivity index (χ4v) is 6.08. The first kappa shape index (κ1) is 20.4. The summed E-state index contributed by atoms with van der Waals surface area (Å²) in [5.74, 6) is 0. The molecular weight excluding hydrogens is 454 g/mol. The van der Waals surface area contributed by atoms with Crippen molar-refractivity contribution in [2.24, 2.45) is 0 Å². The van der Waals surface area contributed by atoms with E-state index in [4.69, 9.17) is 0 Å². The maximum absolute atomic E-state index is 10.9. The summed E-state index contributed by atoms with van der Waals surface area (Å²) >= 11 is 0. The number of hydrogen-bond donors (Lipinski definition) is 2. The molecule has 1 aliphatic heterocycles. The molecule has 176 valence electrons. The molecule has 7 aromatic rings. The first-order valence-corrected chi connectivity index (χ1v) is 12.6. The van der Waals surface area contributed by atoms with Gasteiger partial charge in [0.05, 0.1) is 22.1 Å². The van der Waals surface area contributed by atoms with Crippen LogP contribution in [-0.2, 0) is 0 Å². The van der Waals surface area contributed by atoms with E-state index in [9.17, 15) is 5.11 Å². The van der Waals surface area contributed by atoms with Crippen LogP contribution in [-0.4, -0.2) is 14.2 Å². The van der Waals surface area contributed by atoms with Crippen molar-refractivity contribution < 1.29 is 5.11 Å². The molecule has 0 saturated carbocycles. The molecule has 3 heterocycles. The predicted molar refractivity (Wildman–Crippen MR) is 153 cm³/mol. The molecule has 0 bridgehead atoms. The average Bonchev–Trinajstić information content (AvgIpc) is 3.46. The van der Waals surface area contributed by atoms with E-state index in [1.165, 1.54) is 21.8 Å². The van der Waals surface area contributed by atoms with E-state index in [1.807, 2.05) is 6.20 Å². The van der Waals surface area contributed by atoms with Gasteiger partial charge in [-0.3, -0.25) is 0 Å². The fraction of sp³-hybridized carbons (Fsp3) is 0.0303. The van der Waals surface area contributed by atoms with Crippen molar-refractivity contribution in [1.29, 1.82) is 0 Å². The van der Waals surface area contributed by atoms with Gasteiger partial charge in [-0.2, -0.15) is 0 Å². The molecule has 0 radical (unpaired) electrons. The van der Waals surface area contributed by atoms with E-state index in [0.29, 0.717) is 0 Å². The molecule has 8 rings (SSSR count). The third-order valence-electron chi connectivity index (χ3n) is 7.64. The van der Waals surface area contributed by atoms with E-state index in [1.54, 1.807) is 6.08 Å². The zero-order valence-corrected chi connectivity index (χ0v) is 20.0. The minimum Gasteiger partial charge on any atom is -0.384 e. The van der Waals surface area contributed by atoms with Crippen LogP contribution in [0.5, 0.6) is 0 Å². The van der Waals surface area contributed by atoms with Gasteiger partial charge < -0.3 is 19.6 Å². The smallest absolute Gasteiger partial charge is 0.102 e. The molecule has 0 fully saturated rings. The van der Waals surface area contributed by atoms with Crippen LogP contribution in [0.2, 0.25) is 0 Å². The molecule has 1 unspecified atom stereocenters. The predicted octanol–water partition coefficient (Wildman–Crippen LogP) is 7.85. The van der Waals surface area contributed by atoms with Crippen molar-refractivity contribution in [3.05, 3.63) is 127 Å². The van der Waals surface area contributed by atoms with Crippen LogP contribution < -0.4 is 5.32 Å². The Hall–Kier alpha value is -4.80. The Morgan fingerprint density at radius 3 is 1.68 bits per heavy atom. The summed E-state index contributed by atoms with van der Waals surface area (Å²) in [4.78, 5) is 0. The number of aliphatic hydroxyl groups excluding tert-OH is 1. The van der Waals surface area contributed by atoms with Crippen LogP contribution in [0.3, 0.4) is 0 Å². The summed E-state index contributed by atoms with van der Waals surface area (Å²) < 4.78 is 4.64. The summed E-state index contributed by atoms with van der Waals surface area (Å²) in [6.45, 7) is 0. The lowest BCUT2D eigenvalue weighted by Gasteiger charge is -2.19. The van der Waals surface area contributed by atoms with Gasteiger partial charge in [0.2, 0.25) is 0 Å². The monoisotopic (exact) mass is 477 g/mol. The Morgan fingerprint density at radius 2 is 1.05 bits per heavy atom. The molecule has 1 atom stereocenters. The first-order valence-electron chi connectivity index (χ1n) is 12.6. The summed E-state index contributed by atoms with van der Waals surface area (Å²) in [5.41, 5.74) is 8.71. The molecule has 5 aromatic carbocycles. The number of hydrogen-bond acceptors (Lipinski definition) is 2. The molecule has 0 amide bonds. The number of benzene rings is 5. The van der Waals surface area contributed by atoms with Crippen LogP contribution in [0.25, 0.3) is 55.0 Å². The summed E-state index contributed by atoms with van der Waals surface area (Å²) in [5, 5.41) is 18.9. The van der Waals surface area contributed by atoms with Crippen molar-refractivity contribution in [3.8, 4) is 11.4 Å². The van der Waals surface area contributed by atoms with Gasteiger partial charge in [0.1, 0.15) is 6.10 Å². The number of rotatable bonds is 2. The third-order valence-corrected chi connectivity index (χ3v) is 7.64. The second kappa shape index (κ2) is 7.60. The molecule has 37 heavy (non-hydrogen) atoms. The minimum absolute atomic E-state index is 0.642. The van der Waals surface area contributed by atoms with Crippen LogP contribution in [0.15, 0.2) is 121 Å². The highest BCUT2D eigenvalue weighted by molar-refractivity contribution is 6.13. The second-order valence-electron chi connectivity index (χ2n) is 9.61. The Bertz CT molecular complexity index is 1970. The molecular formula is C33H23N3O. The lowest BCUT2D eigenvalue weighted by molar-refractivity contribution is 0.229. The lowest BCUT2D eigenvalue weighted by atomic mass is 9.98. The average molecular weight is 478 g/mol. The van der Waals surface area contributed by atoms with Crippen molar-refractivity contribution in [2.45, 2.75) is 6.10 Å². The van der Waals surface area contributed by atoms with E-state index in [0.717, 1.165) is 44.4 Å².